The van der Waals surface area contributed by atoms with Gasteiger partial charge < -0.3 is 0 Å². The van der Waals surface area contributed by atoms with E-state index in [4.69, 9.17) is 0 Å². The molecule has 0 aromatic carbocycles. The van der Waals surface area contributed by atoms with Gasteiger partial charge in [0.15, 0.2) is 11.9 Å². The minimum atomic E-state index is 0.341. The van der Waals surface area contributed by atoms with Crippen LogP contribution in [0.5, 0.6) is 0 Å². The van der Waals surface area contributed by atoms with Gasteiger partial charge in [-0.1, -0.05) is 0 Å². The van der Waals surface area contributed by atoms with Crippen LogP contribution in [0.15, 0.2) is 12.1 Å². The Kier molecular flexibility index (Phi) is 1.15. The van der Waals surface area contributed by atoms with Crippen molar-refractivity contribution in [1.29, 1.82) is 0 Å². The number of carbonyl (C=O) groups excluding carboxylic acids is 1. The predicted molar refractivity (Wildman–Crippen MR) is 35.0 cm³/mol. The van der Waals surface area contributed by atoms with E-state index >= 15 is 0 Å². The van der Waals surface area contributed by atoms with Gasteiger partial charge in [0.25, 0.3) is 0 Å². The van der Waals surface area contributed by atoms with Crippen LogP contribution in [-0.2, 0) is 0 Å². The highest BCUT2D eigenvalue weighted by atomic mass is 16.1. The predicted octanol–water partition coefficient (Wildman–Crippen LogP) is -0.263. The number of fused-ring (bicyclic) bond motifs is 1. The standard InChI is InChI=1S/C6H3N4O/c11-3-5-1-2-6-8-7-4-10(6)9-5/h1-3H. The van der Waals surface area contributed by atoms with Crippen molar-refractivity contribution in [1.82, 2.24) is 19.8 Å². The summed E-state index contributed by atoms with van der Waals surface area (Å²) < 4.78 is 1.32. The Balaban J connectivity index is 2.76. The Morgan fingerprint density at radius 2 is 2.45 bits per heavy atom. The van der Waals surface area contributed by atoms with Gasteiger partial charge in [0.05, 0.1) is 0 Å². The summed E-state index contributed by atoms with van der Waals surface area (Å²) in [7, 11) is 0. The highest BCUT2D eigenvalue weighted by Gasteiger charge is 1.96. The third-order valence-electron chi connectivity index (χ3n) is 1.25. The zero-order valence-corrected chi connectivity index (χ0v) is 5.43. The maximum absolute atomic E-state index is 10.2. The average Bonchev–Trinajstić information content (AvgIpc) is 2.50. The van der Waals surface area contributed by atoms with Crippen molar-refractivity contribution < 1.29 is 4.79 Å². The summed E-state index contributed by atoms with van der Waals surface area (Å²) in [6.45, 7) is 0. The summed E-state index contributed by atoms with van der Waals surface area (Å²) in [4.78, 5) is 10.2. The van der Waals surface area contributed by atoms with Gasteiger partial charge in [-0.25, -0.2) is 0 Å². The lowest BCUT2D eigenvalue weighted by molar-refractivity contribution is 0.111. The maximum atomic E-state index is 10.2. The second-order valence-electron chi connectivity index (χ2n) is 1.95. The van der Waals surface area contributed by atoms with Gasteiger partial charge in [-0.05, 0) is 12.1 Å². The Bertz CT molecular complexity index is 394. The van der Waals surface area contributed by atoms with E-state index in [1.807, 2.05) is 0 Å². The molecule has 0 amide bonds. The zero-order valence-electron chi connectivity index (χ0n) is 5.43. The molecule has 0 saturated heterocycles. The lowest BCUT2D eigenvalue weighted by Crippen LogP contribution is -1.94. The smallest absolute Gasteiger partial charge is 0.224 e. The molecule has 0 unspecified atom stereocenters. The van der Waals surface area contributed by atoms with Crippen LogP contribution in [0.4, 0.5) is 0 Å². The SMILES string of the molecule is O=Cc1ccc2nn[c]n2n1. The second kappa shape index (κ2) is 2.12. The minimum absolute atomic E-state index is 0.341. The van der Waals surface area contributed by atoms with Gasteiger partial charge in [-0.15, -0.1) is 10.2 Å². The third kappa shape index (κ3) is 0.861. The molecule has 0 bridgehead atoms. The molecule has 0 atom stereocenters. The van der Waals surface area contributed by atoms with E-state index in [2.05, 4.69) is 21.6 Å². The van der Waals surface area contributed by atoms with Gasteiger partial charge in [-0.2, -0.15) is 9.61 Å². The molecule has 0 aliphatic rings. The van der Waals surface area contributed by atoms with Crippen molar-refractivity contribution >= 4 is 11.9 Å². The molecular weight excluding hydrogens is 144 g/mol. The van der Waals surface area contributed by atoms with E-state index in [0.717, 1.165) is 0 Å². The van der Waals surface area contributed by atoms with E-state index < -0.39 is 0 Å². The number of aldehydes is 1. The first kappa shape index (κ1) is 5.96. The molecule has 2 aromatic heterocycles. The lowest BCUT2D eigenvalue weighted by atomic mass is 10.4. The molecule has 0 spiro atoms. The first-order valence-corrected chi connectivity index (χ1v) is 2.95. The highest BCUT2D eigenvalue weighted by molar-refractivity contribution is 5.71. The van der Waals surface area contributed by atoms with Crippen LogP contribution in [0, 0.1) is 6.33 Å². The highest BCUT2D eigenvalue weighted by Crippen LogP contribution is 1.95. The van der Waals surface area contributed by atoms with Crippen molar-refractivity contribution in [2.24, 2.45) is 0 Å². The molecule has 0 aliphatic heterocycles. The molecule has 53 valence electrons. The van der Waals surface area contributed by atoms with Crippen LogP contribution < -0.4 is 0 Å². The van der Waals surface area contributed by atoms with E-state index in [-0.39, 0.29) is 0 Å². The molecule has 0 aliphatic carbocycles. The monoisotopic (exact) mass is 147 g/mol. The molecular formula is C6H3N4O. The van der Waals surface area contributed by atoms with E-state index in [1.165, 1.54) is 4.52 Å². The van der Waals surface area contributed by atoms with Crippen molar-refractivity contribution in [3.05, 3.63) is 24.2 Å². The maximum Gasteiger partial charge on any atom is 0.224 e. The third-order valence-corrected chi connectivity index (χ3v) is 1.25. The van der Waals surface area contributed by atoms with Crippen molar-refractivity contribution in [3.8, 4) is 0 Å². The molecule has 1 radical (unpaired) electrons. The summed E-state index contributed by atoms with van der Waals surface area (Å²) in [6, 6.07) is 3.23. The van der Waals surface area contributed by atoms with Gasteiger partial charge in [0.2, 0.25) is 6.33 Å². The van der Waals surface area contributed by atoms with E-state index in [0.29, 0.717) is 17.6 Å². The van der Waals surface area contributed by atoms with E-state index in [9.17, 15) is 4.79 Å². The average molecular weight is 147 g/mol. The first-order chi connectivity index (χ1) is 5.40. The number of hydrogen-bond donors (Lipinski definition) is 0. The number of carbonyl (C=O) groups is 1. The Morgan fingerprint density at radius 1 is 1.55 bits per heavy atom. The van der Waals surface area contributed by atoms with Crippen LogP contribution in [0.3, 0.4) is 0 Å². The molecule has 0 saturated carbocycles. The molecule has 2 aromatic rings. The van der Waals surface area contributed by atoms with Crippen LogP contribution in [-0.4, -0.2) is 26.1 Å². The van der Waals surface area contributed by atoms with Crippen molar-refractivity contribution in [3.63, 3.8) is 0 Å². The van der Waals surface area contributed by atoms with Gasteiger partial charge in [0.1, 0.15) is 5.69 Å². The summed E-state index contributed by atoms with van der Waals surface area (Å²) in [5, 5.41) is 11.0. The summed E-state index contributed by atoms with van der Waals surface area (Å²) in [6.07, 6.45) is 3.14. The Labute approximate surface area is 61.7 Å². The van der Waals surface area contributed by atoms with Crippen LogP contribution in [0.1, 0.15) is 10.5 Å². The van der Waals surface area contributed by atoms with E-state index in [1.54, 1.807) is 12.1 Å². The number of nitrogens with zero attached hydrogens (tertiary/aromatic N) is 4. The fraction of sp³-hybridized carbons (Fsp3) is 0. The van der Waals surface area contributed by atoms with Gasteiger partial charge in [0, 0.05) is 0 Å². The molecule has 5 heteroatoms. The minimum Gasteiger partial charge on any atom is -0.296 e. The molecule has 2 rings (SSSR count). The topological polar surface area (TPSA) is 60.2 Å². The molecule has 5 nitrogen and oxygen atoms in total. The largest absolute Gasteiger partial charge is 0.296 e. The Morgan fingerprint density at radius 3 is 3.27 bits per heavy atom. The fourth-order valence-electron chi connectivity index (χ4n) is 0.759. The van der Waals surface area contributed by atoms with Crippen LogP contribution in [0.25, 0.3) is 5.65 Å². The number of rotatable bonds is 1. The number of aromatic nitrogens is 4. The molecule has 11 heavy (non-hydrogen) atoms. The van der Waals surface area contributed by atoms with Gasteiger partial charge in [-0.3, -0.25) is 4.79 Å². The van der Waals surface area contributed by atoms with Crippen molar-refractivity contribution in [2.75, 3.05) is 0 Å². The summed E-state index contributed by atoms with van der Waals surface area (Å²) >= 11 is 0. The van der Waals surface area contributed by atoms with Crippen LogP contribution in [0.2, 0.25) is 0 Å². The quantitative estimate of drug-likeness (QED) is 0.521. The summed E-state index contributed by atoms with van der Waals surface area (Å²) in [5.41, 5.74) is 0.921. The molecule has 0 fully saturated rings. The normalized spacial score (nSPS) is 10.2. The Hall–Kier alpha value is -1.78. The summed E-state index contributed by atoms with van der Waals surface area (Å²) in [5.74, 6) is 0. The zero-order chi connectivity index (χ0) is 7.68. The molecule has 2 heterocycles. The fourth-order valence-corrected chi connectivity index (χ4v) is 0.759. The molecule has 0 N–H and O–H groups in total. The van der Waals surface area contributed by atoms with Gasteiger partial charge >= 0.3 is 0 Å². The first-order valence-electron chi connectivity index (χ1n) is 2.95. The lowest BCUT2D eigenvalue weighted by Gasteiger charge is -1.88. The van der Waals surface area contributed by atoms with Crippen LogP contribution >= 0.6 is 0 Å². The second-order valence-corrected chi connectivity index (χ2v) is 1.95. The number of hydrogen-bond acceptors (Lipinski definition) is 4. The van der Waals surface area contributed by atoms with Crippen molar-refractivity contribution in [2.45, 2.75) is 0 Å².